The minimum atomic E-state index is -4.33. The van der Waals surface area contributed by atoms with E-state index in [-0.39, 0.29) is 17.2 Å². The van der Waals surface area contributed by atoms with Crippen molar-refractivity contribution >= 4 is 22.5 Å². The van der Waals surface area contributed by atoms with Crippen molar-refractivity contribution in [2.24, 2.45) is 11.3 Å². The number of amides is 1. The van der Waals surface area contributed by atoms with E-state index in [0.717, 1.165) is 35.0 Å². The number of carbonyl (C=O) groups excluding carboxylic acids is 1. The zero-order valence-corrected chi connectivity index (χ0v) is 16.8. The van der Waals surface area contributed by atoms with Crippen molar-refractivity contribution in [3.8, 4) is 5.75 Å². The highest BCUT2D eigenvalue weighted by atomic mass is 19.4. The van der Waals surface area contributed by atoms with Crippen LogP contribution in [-0.2, 0) is 17.4 Å². The summed E-state index contributed by atoms with van der Waals surface area (Å²) in [4.78, 5) is 15.5. The van der Waals surface area contributed by atoms with Crippen LogP contribution >= 0.6 is 0 Å². The smallest absolute Gasteiger partial charge is 0.416 e. The SMILES string of the molecule is CC1(C)CC1C(=O)Nc1c[nH]c2ccc(OCCc3ccc(C(F)(F)F)cc3)cc12. The summed E-state index contributed by atoms with van der Waals surface area (Å²) in [7, 11) is 0. The molecule has 4 rings (SSSR count). The van der Waals surface area contributed by atoms with Crippen molar-refractivity contribution < 1.29 is 22.7 Å². The van der Waals surface area contributed by atoms with Crippen molar-refractivity contribution in [1.82, 2.24) is 4.98 Å². The Balaban J connectivity index is 1.38. The van der Waals surface area contributed by atoms with Crippen molar-refractivity contribution in [3.05, 3.63) is 59.8 Å². The van der Waals surface area contributed by atoms with Gasteiger partial charge in [0.1, 0.15) is 5.75 Å². The molecular weight excluding hydrogens is 393 g/mol. The molecule has 30 heavy (non-hydrogen) atoms. The van der Waals surface area contributed by atoms with Crippen molar-refractivity contribution in [1.29, 1.82) is 0 Å². The Morgan fingerprint density at radius 1 is 1.20 bits per heavy atom. The first-order valence-electron chi connectivity index (χ1n) is 9.84. The number of halogens is 3. The number of alkyl halides is 3. The lowest BCUT2D eigenvalue weighted by Gasteiger charge is -2.09. The average molecular weight is 416 g/mol. The Morgan fingerprint density at radius 2 is 1.90 bits per heavy atom. The molecule has 1 unspecified atom stereocenters. The lowest BCUT2D eigenvalue weighted by atomic mass is 10.1. The van der Waals surface area contributed by atoms with E-state index in [1.165, 1.54) is 12.1 Å². The van der Waals surface area contributed by atoms with Gasteiger partial charge in [-0.2, -0.15) is 13.2 Å². The predicted molar refractivity (Wildman–Crippen MR) is 109 cm³/mol. The van der Waals surface area contributed by atoms with Crippen LogP contribution in [0.15, 0.2) is 48.7 Å². The normalized spacial score (nSPS) is 17.7. The van der Waals surface area contributed by atoms with Crippen LogP contribution in [0.4, 0.5) is 18.9 Å². The highest BCUT2D eigenvalue weighted by molar-refractivity contribution is 6.03. The predicted octanol–water partition coefficient (Wildman–Crippen LogP) is 5.79. The molecule has 1 heterocycles. The molecule has 1 aliphatic carbocycles. The molecule has 1 amide bonds. The highest BCUT2D eigenvalue weighted by Gasteiger charge is 2.50. The zero-order chi connectivity index (χ0) is 21.5. The van der Waals surface area contributed by atoms with Crippen LogP contribution in [0.1, 0.15) is 31.4 Å². The van der Waals surface area contributed by atoms with Gasteiger partial charge in [0.2, 0.25) is 5.91 Å². The van der Waals surface area contributed by atoms with Crippen molar-refractivity contribution in [2.45, 2.75) is 32.9 Å². The van der Waals surface area contributed by atoms with E-state index in [1.807, 2.05) is 18.2 Å². The van der Waals surface area contributed by atoms with Gasteiger partial charge in [-0.05, 0) is 47.7 Å². The number of aromatic nitrogens is 1. The summed E-state index contributed by atoms with van der Waals surface area (Å²) in [5.74, 6) is 0.691. The van der Waals surface area contributed by atoms with Crippen LogP contribution in [0.5, 0.6) is 5.75 Å². The van der Waals surface area contributed by atoms with E-state index in [4.69, 9.17) is 4.74 Å². The number of hydrogen-bond donors (Lipinski definition) is 2. The number of fused-ring (bicyclic) bond motifs is 1. The Labute approximate surface area is 172 Å². The lowest BCUT2D eigenvalue weighted by molar-refractivity contribution is -0.137. The maximum absolute atomic E-state index is 12.6. The number of H-pyrrole nitrogens is 1. The molecule has 7 heteroatoms. The molecule has 0 aliphatic heterocycles. The number of ether oxygens (including phenoxy) is 1. The monoisotopic (exact) mass is 416 g/mol. The van der Waals surface area contributed by atoms with Crippen molar-refractivity contribution in [3.63, 3.8) is 0 Å². The molecular formula is C23H23F3N2O2. The molecule has 3 aromatic rings. The molecule has 0 bridgehead atoms. The number of anilines is 1. The molecule has 1 aliphatic rings. The zero-order valence-electron chi connectivity index (χ0n) is 16.8. The molecule has 2 aromatic carbocycles. The maximum atomic E-state index is 12.6. The summed E-state index contributed by atoms with van der Waals surface area (Å²) < 4.78 is 43.7. The molecule has 158 valence electrons. The van der Waals surface area contributed by atoms with E-state index in [0.29, 0.717) is 24.5 Å². The molecule has 0 radical (unpaired) electrons. The summed E-state index contributed by atoms with van der Waals surface area (Å²) >= 11 is 0. The Morgan fingerprint density at radius 3 is 2.53 bits per heavy atom. The molecule has 2 N–H and O–H groups in total. The Hall–Kier alpha value is -2.96. The largest absolute Gasteiger partial charge is 0.493 e. The third-order valence-electron chi connectivity index (χ3n) is 5.68. The van der Waals surface area contributed by atoms with Crippen LogP contribution in [0.3, 0.4) is 0 Å². The second-order valence-electron chi connectivity index (χ2n) is 8.44. The van der Waals surface area contributed by atoms with E-state index in [9.17, 15) is 18.0 Å². The second-order valence-corrected chi connectivity index (χ2v) is 8.44. The summed E-state index contributed by atoms with van der Waals surface area (Å²) in [6.45, 7) is 4.49. The third kappa shape index (κ3) is 4.30. The summed E-state index contributed by atoms with van der Waals surface area (Å²) in [6.07, 6.45) is -1.18. The minimum absolute atomic E-state index is 0.0227. The fourth-order valence-electron chi connectivity index (χ4n) is 3.57. The second kappa shape index (κ2) is 7.38. The van der Waals surface area contributed by atoms with E-state index in [1.54, 1.807) is 6.20 Å². The van der Waals surface area contributed by atoms with Crippen LogP contribution in [0.25, 0.3) is 10.9 Å². The van der Waals surface area contributed by atoms with Gasteiger partial charge in [-0.25, -0.2) is 0 Å². The van der Waals surface area contributed by atoms with Gasteiger partial charge in [-0.1, -0.05) is 26.0 Å². The number of benzene rings is 2. The molecule has 1 atom stereocenters. The first-order chi connectivity index (χ1) is 14.1. The van der Waals surface area contributed by atoms with Gasteiger partial charge in [0.05, 0.1) is 17.9 Å². The standard InChI is InChI=1S/C23H23F3N2O2/c1-22(2)12-18(22)21(29)28-20-13-27-19-8-7-16(11-17(19)20)30-10-9-14-3-5-15(6-4-14)23(24,25)26/h3-8,11,13,18,27H,9-10,12H2,1-2H3,(H,28,29). The molecule has 0 spiro atoms. The first kappa shape index (κ1) is 20.3. The van der Waals surface area contributed by atoms with Gasteiger partial charge in [-0.15, -0.1) is 0 Å². The Kier molecular flexibility index (Phi) is 5.00. The number of carbonyl (C=O) groups is 1. The lowest BCUT2D eigenvalue weighted by Crippen LogP contribution is -2.16. The molecule has 4 nitrogen and oxygen atoms in total. The maximum Gasteiger partial charge on any atom is 0.416 e. The van der Waals surface area contributed by atoms with Gasteiger partial charge in [0.25, 0.3) is 0 Å². The van der Waals surface area contributed by atoms with Crippen LogP contribution in [-0.4, -0.2) is 17.5 Å². The van der Waals surface area contributed by atoms with E-state index >= 15 is 0 Å². The Bertz CT molecular complexity index is 1070. The first-order valence-corrected chi connectivity index (χ1v) is 9.84. The number of nitrogens with one attached hydrogen (secondary N) is 2. The number of hydrogen-bond acceptors (Lipinski definition) is 2. The number of rotatable bonds is 6. The fourth-order valence-corrected chi connectivity index (χ4v) is 3.57. The van der Waals surface area contributed by atoms with E-state index < -0.39 is 11.7 Å². The quantitative estimate of drug-likeness (QED) is 0.534. The molecule has 1 fully saturated rings. The van der Waals surface area contributed by atoms with Gasteiger partial charge >= 0.3 is 6.18 Å². The van der Waals surface area contributed by atoms with Crippen LogP contribution in [0, 0.1) is 11.3 Å². The van der Waals surface area contributed by atoms with Gasteiger partial charge in [-0.3, -0.25) is 4.79 Å². The summed E-state index contributed by atoms with van der Waals surface area (Å²) in [5, 5.41) is 3.85. The minimum Gasteiger partial charge on any atom is -0.493 e. The average Bonchev–Trinajstić information content (AvgIpc) is 3.16. The topological polar surface area (TPSA) is 54.1 Å². The van der Waals surface area contributed by atoms with Gasteiger partial charge < -0.3 is 15.0 Å². The molecule has 1 aromatic heterocycles. The van der Waals surface area contributed by atoms with Crippen molar-refractivity contribution in [2.75, 3.05) is 11.9 Å². The fraction of sp³-hybridized carbons (Fsp3) is 0.348. The molecule has 0 saturated heterocycles. The van der Waals surface area contributed by atoms with Crippen LogP contribution in [0.2, 0.25) is 0 Å². The van der Waals surface area contributed by atoms with E-state index in [2.05, 4.69) is 24.1 Å². The van der Waals surface area contributed by atoms with Crippen LogP contribution < -0.4 is 10.1 Å². The summed E-state index contributed by atoms with van der Waals surface area (Å²) in [6, 6.07) is 10.6. The molecule has 1 saturated carbocycles. The highest BCUT2D eigenvalue weighted by Crippen LogP contribution is 2.52. The van der Waals surface area contributed by atoms with Gasteiger partial charge in [0.15, 0.2) is 0 Å². The van der Waals surface area contributed by atoms with Gasteiger partial charge in [0, 0.05) is 29.4 Å². The number of aromatic amines is 1. The third-order valence-corrected chi connectivity index (χ3v) is 5.68. The summed E-state index contributed by atoms with van der Waals surface area (Å²) in [5.41, 5.74) is 1.77.